The van der Waals surface area contributed by atoms with Crippen LogP contribution in [0, 0.1) is 5.82 Å². The van der Waals surface area contributed by atoms with Gasteiger partial charge in [0.25, 0.3) is 0 Å². The summed E-state index contributed by atoms with van der Waals surface area (Å²) in [6.45, 7) is 2.53. The van der Waals surface area contributed by atoms with Crippen molar-refractivity contribution in [3.63, 3.8) is 0 Å². The normalized spacial score (nSPS) is 12.0. The van der Waals surface area contributed by atoms with Gasteiger partial charge < -0.3 is 15.4 Å². The zero-order valence-electron chi connectivity index (χ0n) is 10.7. The summed E-state index contributed by atoms with van der Waals surface area (Å²) in [6, 6.07) is 5.82. The first-order chi connectivity index (χ1) is 8.56. The molecule has 5 heteroatoms. The van der Waals surface area contributed by atoms with E-state index in [-0.39, 0.29) is 5.82 Å². The number of nitrogens with zero attached hydrogens (tertiary/aromatic N) is 1. The highest BCUT2D eigenvalue weighted by Gasteiger charge is 2.15. The molecule has 2 N–H and O–H groups in total. The van der Waals surface area contributed by atoms with Crippen molar-refractivity contribution in [3.05, 3.63) is 30.1 Å². The third-order valence-corrected chi connectivity index (χ3v) is 2.63. The largest absolute Gasteiger partial charge is 0.465 e. The molecule has 0 spiro atoms. The first-order valence-corrected chi connectivity index (χ1v) is 5.94. The highest BCUT2D eigenvalue weighted by molar-refractivity contribution is 5.75. The number of halogens is 1. The number of esters is 1. The maximum absolute atomic E-state index is 13.5. The molecule has 1 atom stereocenters. The van der Waals surface area contributed by atoms with Gasteiger partial charge in [0, 0.05) is 13.6 Å². The molecule has 0 saturated heterocycles. The number of hydrogen-bond donors (Lipinski definition) is 1. The van der Waals surface area contributed by atoms with Gasteiger partial charge in [0.05, 0.1) is 12.3 Å². The molecular formula is C13H19FN2O2. The van der Waals surface area contributed by atoms with Gasteiger partial charge >= 0.3 is 5.97 Å². The fraction of sp³-hybridized carbons (Fsp3) is 0.462. The average Bonchev–Trinajstić information content (AvgIpc) is 2.36. The molecule has 0 amide bonds. The van der Waals surface area contributed by atoms with Gasteiger partial charge in [0.15, 0.2) is 0 Å². The maximum Gasteiger partial charge on any atom is 0.322 e. The number of carbonyl (C=O) groups excluding carboxylic acids is 1. The molecule has 1 unspecified atom stereocenters. The fourth-order valence-corrected chi connectivity index (χ4v) is 1.58. The highest BCUT2D eigenvalue weighted by atomic mass is 19.1. The van der Waals surface area contributed by atoms with Crippen LogP contribution in [0.3, 0.4) is 0 Å². The molecule has 0 saturated carbocycles. The average molecular weight is 254 g/mol. The molecule has 0 aromatic heterocycles. The number of hydrogen-bond acceptors (Lipinski definition) is 4. The van der Waals surface area contributed by atoms with Crippen LogP contribution in [0.25, 0.3) is 0 Å². The molecule has 0 bridgehead atoms. The first-order valence-electron chi connectivity index (χ1n) is 5.94. The SMILES string of the molecule is CCOC(=O)C(N)CCN(C)c1ccccc1F. The Kier molecular flexibility index (Phi) is 5.58. The Hall–Kier alpha value is -1.62. The lowest BCUT2D eigenvalue weighted by Gasteiger charge is -2.21. The Bertz CT molecular complexity index is 398. The van der Waals surface area contributed by atoms with Crippen molar-refractivity contribution in [2.45, 2.75) is 19.4 Å². The second kappa shape index (κ2) is 6.96. The third kappa shape index (κ3) is 4.00. The lowest BCUT2D eigenvalue weighted by atomic mass is 10.2. The van der Waals surface area contributed by atoms with Crippen LogP contribution in [0.4, 0.5) is 10.1 Å². The monoisotopic (exact) mass is 254 g/mol. The summed E-state index contributed by atoms with van der Waals surface area (Å²) < 4.78 is 18.3. The second-order valence-electron chi connectivity index (χ2n) is 4.02. The van der Waals surface area contributed by atoms with Crippen LogP contribution in [0.5, 0.6) is 0 Å². The van der Waals surface area contributed by atoms with E-state index >= 15 is 0 Å². The molecule has 0 aliphatic carbocycles. The standard InChI is InChI=1S/C13H19FN2O2/c1-3-18-13(17)11(15)8-9-16(2)12-7-5-4-6-10(12)14/h4-7,11H,3,8-9,15H2,1-2H3. The van der Waals surface area contributed by atoms with Gasteiger partial charge in [-0.25, -0.2) is 4.39 Å². The van der Waals surface area contributed by atoms with Gasteiger partial charge in [-0.3, -0.25) is 4.79 Å². The van der Waals surface area contributed by atoms with Crippen LogP contribution in [0.15, 0.2) is 24.3 Å². The summed E-state index contributed by atoms with van der Waals surface area (Å²) in [5.74, 6) is -0.705. The quantitative estimate of drug-likeness (QED) is 0.782. The molecule has 0 aliphatic heterocycles. The van der Waals surface area contributed by atoms with Gasteiger partial charge in [0.1, 0.15) is 11.9 Å². The minimum Gasteiger partial charge on any atom is -0.465 e. The van der Waals surface area contributed by atoms with Gasteiger partial charge in [-0.2, -0.15) is 0 Å². The number of carbonyl (C=O) groups is 1. The van der Waals surface area contributed by atoms with E-state index in [1.54, 1.807) is 37.1 Å². The van der Waals surface area contributed by atoms with Gasteiger partial charge in [-0.05, 0) is 25.5 Å². The number of anilines is 1. The van der Waals surface area contributed by atoms with E-state index in [0.29, 0.717) is 25.3 Å². The Balaban J connectivity index is 2.49. The molecular weight excluding hydrogens is 235 g/mol. The smallest absolute Gasteiger partial charge is 0.322 e. The molecule has 0 aliphatic rings. The summed E-state index contributed by atoms with van der Waals surface area (Å²) >= 11 is 0. The molecule has 1 aromatic carbocycles. The molecule has 100 valence electrons. The van der Waals surface area contributed by atoms with E-state index in [0.717, 1.165) is 0 Å². The minimum atomic E-state index is -0.667. The van der Waals surface area contributed by atoms with E-state index in [1.807, 2.05) is 0 Å². The summed E-state index contributed by atoms with van der Waals surface area (Å²) in [4.78, 5) is 13.0. The molecule has 18 heavy (non-hydrogen) atoms. The number of rotatable bonds is 6. The number of nitrogens with two attached hydrogens (primary N) is 1. The van der Waals surface area contributed by atoms with Crippen molar-refractivity contribution in [1.82, 2.24) is 0 Å². The molecule has 1 rings (SSSR count). The van der Waals surface area contributed by atoms with E-state index in [2.05, 4.69) is 0 Å². The van der Waals surface area contributed by atoms with E-state index < -0.39 is 12.0 Å². The topological polar surface area (TPSA) is 55.6 Å². The summed E-state index contributed by atoms with van der Waals surface area (Å²) in [5.41, 5.74) is 6.17. The predicted octanol–water partition coefficient (Wildman–Crippen LogP) is 1.54. The van der Waals surface area contributed by atoms with Gasteiger partial charge in [-0.1, -0.05) is 12.1 Å². The fourth-order valence-electron chi connectivity index (χ4n) is 1.58. The summed E-state index contributed by atoms with van der Waals surface area (Å²) in [6.07, 6.45) is 0.420. The van der Waals surface area contributed by atoms with Crippen LogP contribution in [-0.2, 0) is 9.53 Å². The van der Waals surface area contributed by atoms with Crippen LogP contribution in [0.1, 0.15) is 13.3 Å². The number of ether oxygens (including phenoxy) is 1. The Labute approximate surface area is 107 Å². The van der Waals surface area contributed by atoms with Gasteiger partial charge in [-0.15, -0.1) is 0 Å². The van der Waals surface area contributed by atoms with Crippen molar-refractivity contribution in [3.8, 4) is 0 Å². The predicted molar refractivity (Wildman–Crippen MR) is 68.9 cm³/mol. The zero-order chi connectivity index (χ0) is 13.5. The lowest BCUT2D eigenvalue weighted by Crippen LogP contribution is -2.36. The Morgan fingerprint density at radius 1 is 1.50 bits per heavy atom. The van der Waals surface area contributed by atoms with Crippen molar-refractivity contribution >= 4 is 11.7 Å². The molecule has 0 heterocycles. The summed E-state index contributed by atoms with van der Waals surface area (Å²) in [7, 11) is 1.76. The minimum absolute atomic E-state index is 0.287. The van der Waals surface area contributed by atoms with Crippen molar-refractivity contribution < 1.29 is 13.9 Å². The highest BCUT2D eigenvalue weighted by Crippen LogP contribution is 2.17. The molecule has 4 nitrogen and oxygen atoms in total. The van der Waals surface area contributed by atoms with Crippen LogP contribution < -0.4 is 10.6 Å². The lowest BCUT2D eigenvalue weighted by molar-refractivity contribution is -0.144. The van der Waals surface area contributed by atoms with Crippen molar-refractivity contribution in [2.24, 2.45) is 5.73 Å². The Morgan fingerprint density at radius 3 is 2.78 bits per heavy atom. The second-order valence-corrected chi connectivity index (χ2v) is 4.02. The third-order valence-electron chi connectivity index (χ3n) is 2.63. The van der Waals surface area contributed by atoms with E-state index in [4.69, 9.17) is 10.5 Å². The number of para-hydroxylation sites is 1. The zero-order valence-corrected chi connectivity index (χ0v) is 10.7. The maximum atomic E-state index is 13.5. The van der Waals surface area contributed by atoms with Crippen molar-refractivity contribution in [2.75, 3.05) is 25.1 Å². The Morgan fingerprint density at radius 2 is 2.17 bits per heavy atom. The molecule has 0 fully saturated rings. The number of benzene rings is 1. The van der Waals surface area contributed by atoms with E-state index in [1.165, 1.54) is 6.07 Å². The van der Waals surface area contributed by atoms with E-state index in [9.17, 15) is 9.18 Å². The van der Waals surface area contributed by atoms with Crippen LogP contribution >= 0.6 is 0 Å². The van der Waals surface area contributed by atoms with Gasteiger partial charge in [0.2, 0.25) is 0 Å². The summed E-state index contributed by atoms with van der Waals surface area (Å²) in [5, 5.41) is 0. The first kappa shape index (κ1) is 14.4. The van der Waals surface area contributed by atoms with Crippen LogP contribution in [0.2, 0.25) is 0 Å². The van der Waals surface area contributed by atoms with Crippen LogP contribution in [-0.4, -0.2) is 32.2 Å². The molecule has 0 radical (unpaired) electrons. The van der Waals surface area contributed by atoms with Crippen molar-refractivity contribution in [1.29, 1.82) is 0 Å². The molecule has 1 aromatic rings.